The van der Waals surface area contributed by atoms with Gasteiger partial charge in [-0.1, -0.05) is 39.7 Å². The molecule has 0 saturated heterocycles. The average molecular weight is 406 g/mol. The molecule has 19 heavy (non-hydrogen) atoms. The summed E-state index contributed by atoms with van der Waals surface area (Å²) < 4.78 is 1.81. The maximum atomic E-state index is 9.55. The maximum absolute atomic E-state index is 9.55. The number of hydrogen-bond donors (Lipinski definition) is 2. The zero-order valence-electron chi connectivity index (χ0n) is 9.91. The molecule has 0 saturated carbocycles. The molecule has 0 aliphatic heterocycles. The third-order valence-electron chi connectivity index (χ3n) is 2.69. The lowest BCUT2D eigenvalue weighted by Gasteiger charge is -2.18. The van der Waals surface area contributed by atoms with Gasteiger partial charge in [0.15, 0.2) is 0 Å². The van der Waals surface area contributed by atoms with E-state index in [1.54, 1.807) is 0 Å². The summed E-state index contributed by atoms with van der Waals surface area (Å²) in [5.74, 6) is 0. The van der Waals surface area contributed by atoms with Crippen molar-refractivity contribution in [1.29, 1.82) is 0 Å². The van der Waals surface area contributed by atoms with E-state index in [2.05, 4.69) is 37.2 Å². The van der Waals surface area contributed by atoms with E-state index in [-0.39, 0.29) is 12.6 Å². The molecule has 1 atom stereocenters. The van der Waals surface area contributed by atoms with Gasteiger partial charge in [-0.25, -0.2) is 0 Å². The molecule has 0 radical (unpaired) electrons. The lowest BCUT2D eigenvalue weighted by Crippen LogP contribution is -2.14. The van der Waals surface area contributed by atoms with Crippen LogP contribution in [0.25, 0.3) is 0 Å². The van der Waals surface area contributed by atoms with Crippen molar-refractivity contribution >= 4 is 49.1 Å². The van der Waals surface area contributed by atoms with Crippen molar-refractivity contribution in [2.45, 2.75) is 6.04 Å². The number of benzene rings is 2. The molecule has 2 nitrogen and oxygen atoms in total. The molecule has 0 spiro atoms. The van der Waals surface area contributed by atoms with E-state index in [1.807, 2.05) is 42.5 Å². The van der Waals surface area contributed by atoms with Crippen molar-refractivity contribution in [3.63, 3.8) is 0 Å². The Morgan fingerprint density at radius 1 is 1.16 bits per heavy atom. The molecule has 0 aromatic heterocycles. The molecule has 0 aliphatic rings. The number of aliphatic hydroxyl groups is 1. The predicted octanol–water partition coefficient (Wildman–Crippen LogP) is 5.01. The quantitative estimate of drug-likeness (QED) is 0.749. The van der Waals surface area contributed by atoms with E-state index in [9.17, 15) is 5.11 Å². The second kappa shape index (κ2) is 6.75. The van der Waals surface area contributed by atoms with Gasteiger partial charge in [-0.2, -0.15) is 0 Å². The Balaban J connectivity index is 2.22. The van der Waals surface area contributed by atoms with Crippen LogP contribution in [-0.2, 0) is 0 Å². The first-order chi connectivity index (χ1) is 9.10. The van der Waals surface area contributed by atoms with Gasteiger partial charge in [0.2, 0.25) is 0 Å². The van der Waals surface area contributed by atoms with Crippen molar-refractivity contribution in [3.8, 4) is 0 Å². The molecule has 0 aliphatic carbocycles. The van der Waals surface area contributed by atoms with Gasteiger partial charge < -0.3 is 10.4 Å². The van der Waals surface area contributed by atoms with E-state index in [1.165, 1.54) is 0 Å². The molecular weight excluding hydrogens is 393 g/mol. The molecule has 2 rings (SSSR count). The molecule has 2 aromatic rings. The zero-order valence-corrected chi connectivity index (χ0v) is 13.8. The predicted molar refractivity (Wildman–Crippen MR) is 86.7 cm³/mol. The van der Waals surface area contributed by atoms with Crippen LogP contribution in [0.5, 0.6) is 0 Å². The van der Waals surface area contributed by atoms with Gasteiger partial charge in [0, 0.05) is 14.6 Å². The zero-order chi connectivity index (χ0) is 13.8. The molecule has 2 N–H and O–H groups in total. The summed E-state index contributed by atoms with van der Waals surface area (Å²) in [5, 5.41) is 13.5. The topological polar surface area (TPSA) is 32.3 Å². The van der Waals surface area contributed by atoms with Crippen LogP contribution in [0.3, 0.4) is 0 Å². The Morgan fingerprint density at radius 3 is 2.58 bits per heavy atom. The first-order valence-corrected chi connectivity index (χ1v) is 7.64. The van der Waals surface area contributed by atoms with Gasteiger partial charge in [-0.05, 0) is 51.8 Å². The van der Waals surface area contributed by atoms with Crippen LogP contribution >= 0.6 is 43.5 Å². The van der Waals surface area contributed by atoms with E-state index in [0.717, 1.165) is 20.2 Å². The van der Waals surface area contributed by atoms with Gasteiger partial charge in [-0.3, -0.25) is 0 Å². The second-order valence-corrected chi connectivity index (χ2v) is 6.24. The monoisotopic (exact) mass is 403 g/mol. The third-order valence-corrected chi connectivity index (χ3v) is 4.40. The highest BCUT2D eigenvalue weighted by molar-refractivity contribution is 9.10. The van der Waals surface area contributed by atoms with Crippen LogP contribution in [0.2, 0.25) is 5.02 Å². The average Bonchev–Trinajstić information content (AvgIpc) is 2.39. The van der Waals surface area contributed by atoms with Crippen molar-refractivity contribution in [1.82, 2.24) is 0 Å². The summed E-state index contributed by atoms with van der Waals surface area (Å²) in [6, 6.07) is 13.3. The lowest BCUT2D eigenvalue weighted by atomic mass is 10.1. The van der Waals surface area contributed by atoms with Gasteiger partial charge >= 0.3 is 0 Å². The Hall–Kier alpha value is -0.550. The molecule has 0 amide bonds. The fourth-order valence-electron chi connectivity index (χ4n) is 1.74. The normalized spacial score (nSPS) is 12.2. The SMILES string of the molecule is OCC(Nc1cccc(Br)c1)c1ccc(Cl)c(Br)c1. The minimum atomic E-state index is -0.178. The number of nitrogens with one attached hydrogen (secondary N) is 1. The number of halogens is 3. The van der Waals surface area contributed by atoms with Gasteiger partial charge in [0.1, 0.15) is 0 Å². The number of hydrogen-bond acceptors (Lipinski definition) is 2. The fourth-order valence-corrected chi connectivity index (χ4v) is 2.66. The molecule has 2 aromatic carbocycles. The van der Waals surface area contributed by atoms with E-state index >= 15 is 0 Å². The van der Waals surface area contributed by atoms with Crippen molar-refractivity contribution in [3.05, 3.63) is 62.0 Å². The van der Waals surface area contributed by atoms with E-state index in [0.29, 0.717) is 5.02 Å². The molecule has 5 heteroatoms. The standard InChI is InChI=1S/C14H12Br2ClNO/c15-10-2-1-3-11(7-10)18-14(8-19)9-4-5-13(17)12(16)6-9/h1-7,14,18-19H,8H2. The Bertz CT molecular complexity index is 577. The molecular formula is C14H12Br2ClNO. The number of rotatable bonds is 4. The highest BCUT2D eigenvalue weighted by Crippen LogP contribution is 2.28. The Labute approximate surface area is 134 Å². The van der Waals surface area contributed by atoms with Crippen molar-refractivity contribution in [2.24, 2.45) is 0 Å². The molecule has 1 unspecified atom stereocenters. The second-order valence-electron chi connectivity index (χ2n) is 4.06. The largest absolute Gasteiger partial charge is 0.394 e. The minimum Gasteiger partial charge on any atom is -0.394 e. The summed E-state index contributed by atoms with van der Waals surface area (Å²) in [5.41, 5.74) is 1.92. The van der Waals surface area contributed by atoms with Gasteiger partial charge in [0.05, 0.1) is 17.7 Å². The Morgan fingerprint density at radius 2 is 1.95 bits per heavy atom. The summed E-state index contributed by atoms with van der Waals surface area (Å²) in [6.07, 6.45) is 0. The van der Waals surface area contributed by atoms with Crippen LogP contribution in [0, 0.1) is 0 Å². The molecule has 0 bridgehead atoms. The highest BCUT2D eigenvalue weighted by atomic mass is 79.9. The van der Waals surface area contributed by atoms with E-state index in [4.69, 9.17) is 11.6 Å². The van der Waals surface area contributed by atoms with Crippen LogP contribution in [0.1, 0.15) is 11.6 Å². The van der Waals surface area contributed by atoms with Gasteiger partial charge in [0.25, 0.3) is 0 Å². The first-order valence-electron chi connectivity index (χ1n) is 5.68. The van der Waals surface area contributed by atoms with Crippen LogP contribution in [0.15, 0.2) is 51.4 Å². The first kappa shape index (κ1) is 14.9. The Kier molecular flexibility index (Phi) is 5.28. The molecule has 100 valence electrons. The minimum absolute atomic E-state index is 0.000581. The lowest BCUT2D eigenvalue weighted by molar-refractivity contribution is 0.276. The highest BCUT2D eigenvalue weighted by Gasteiger charge is 2.11. The molecule has 0 fully saturated rings. The van der Waals surface area contributed by atoms with Crippen LogP contribution in [-0.4, -0.2) is 11.7 Å². The number of anilines is 1. The summed E-state index contributed by atoms with van der Waals surface area (Å²) in [6.45, 7) is 0.000581. The summed E-state index contributed by atoms with van der Waals surface area (Å²) in [7, 11) is 0. The summed E-state index contributed by atoms with van der Waals surface area (Å²) in [4.78, 5) is 0. The summed E-state index contributed by atoms with van der Waals surface area (Å²) >= 11 is 12.8. The van der Waals surface area contributed by atoms with Crippen LogP contribution in [0.4, 0.5) is 5.69 Å². The number of aliphatic hydroxyl groups excluding tert-OH is 1. The third kappa shape index (κ3) is 3.96. The molecule has 0 heterocycles. The van der Waals surface area contributed by atoms with Crippen molar-refractivity contribution in [2.75, 3.05) is 11.9 Å². The van der Waals surface area contributed by atoms with Crippen LogP contribution < -0.4 is 5.32 Å². The van der Waals surface area contributed by atoms with E-state index < -0.39 is 0 Å². The fraction of sp³-hybridized carbons (Fsp3) is 0.143. The van der Waals surface area contributed by atoms with Gasteiger partial charge in [-0.15, -0.1) is 0 Å². The maximum Gasteiger partial charge on any atom is 0.0745 e. The smallest absolute Gasteiger partial charge is 0.0745 e. The van der Waals surface area contributed by atoms with Crippen molar-refractivity contribution < 1.29 is 5.11 Å².